The standard InChI is InChI=1S/C16H22N2O3/c1-3-20-14-7-12-6-11(2)21-15(12)8-13(14)9-18-5-4-17-16(19)10-18/h7-8,11H,3-6,9-10H2,1-2H3,(H,17,19). The van der Waals surface area contributed by atoms with Crippen LogP contribution >= 0.6 is 0 Å². The summed E-state index contributed by atoms with van der Waals surface area (Å²) >= 11 is 0. The quantitative estimate of drug-likeness (QED) is 0.909. The van der Waals surface area contributed by atoms with Crippen LogP contribution < -0.4 is 14.8 Å². The molecule has 1 aromatic carbocycles. The van der Waals surface area contributed by atoms with Gasteiger partial charge in [0.15, 0.2) is 0 Å². The van der Waals surface area contributed by atoms with E-state index in [4.69, 9.17) is 9.47 Å². The Morgan fingerprint density at radius 1 is 1.48 bits per heavy atom. The van der Waals surface area contributed by atoms with Crippen LogP contribution in [0.2, 0.25) is 0 Å². The molecule has 1 unspecified atom stereocenters. The van der Waals surface area contributed by atoms with Crippen LogP contribution in [0.4, 0.5) is 0 Å². The van der Waals surface area contributed by atoms with Gasteiger partial charge in [0, 0.05) is 37.2 Å². The third-order valence-corrected chi connectivity index (χ3v) is 3.89. The Morgan fingerprint density at radius 2 is 2.33 bits per heavy atom. The number of rotatable bonds is 4. The molecule has 1 amide bonds. The van der Waals surface area contributed by atoms with Crippen molar-refractivity contribution in [3.63, 3.8) is 0 Å². The van der Waals surface area contributed by atoms with Crippen molar-refractivity contribution in [1.29, 1.82) is 0 Å². The highest BCUT2D eigenvalue weighted by atomic mass is 16.5. The second-order valence-corrected chi connectivity index (χ2v) is 5.69. The zero-order chi connectivity index (χ0) is 14.8. The van der Waals surface area contributed by atoms with Crippen molar-refractivity contribution >= 4 is 5.91 Å². The summed E-state index contributed by atoms with van der Waals surface area (Å²) in [6, 6.07) is 4.18. The molecular weight excluding hydrogens is 268 g/mol. The first kappa shape index (κ1) is 14.2. The summed E-state index contributed by atoms with van der Waals surface area (Å²) in [4.78, 5) is 13.6. The molecule has 5 nitrogen and oxygen atoms in total. The normalized spacial score (nSPS) is 21.6. The molecule has 3 rings (SSSR count). The van der Waals surface area contributed by atoms with Crippen molar-refractivity contribution in [2.24, 2.45) is 0 Å². The van der Waals surface area contributed by atoms with E-state index in [0.717, 1.165) is 30.0 Å². The van der Waals surface area contributed by atoms with Gasteiger partial charge in [-0.2, -0.15) is 0 Å². The van der Waals surface area contributed by atoms with Crippen LogP contribution in [-0.4, -0.2) is 43.2 Å². The number of amides is 1. The molecule has 0 radical (unpaired) electrons. The lowest BCUT2D eigenvalue weighted by Gasteiger charge is -2.27. The smallest absolute Gasteiger partial charge is 0.234 e. The fourth-order valence-corrected chi connectivity index (χ4v) is 2.96. The van der Waals surface area contributed by atoms with Crippen molar-refractivity contribution < 1.29 is 14.3 Å². The minimum atomic E-state index is 0.0882. The Bertz CT molecular complexity index is 545. The third-order valence-electron chi connectivity index (χ3n) is 3.89. The van der Waals surface area contributed by atoms with Crippen molar-refractivity contribution in [2.75, 3.05) is 26.2 Å². The van der Waals surface area contributed by atoms with E-state index in [1.54, 1.807) is 0 Å². The zero-order valence-corrected chi connectivity index (χ0v) is 12.6. The topological polar surface area (TPSA) is 50.8 Å². The molecule has 2 heterocycles. The monoisotopic (exact) mass is 290 g/mol. The predicted octanol–water partition coefficient (Wildman–Crippen LogP) is 1.34. The second-order valence-electron chi connectivity index (χ2n) is 5.69. The number of hydrogen-bond donors (Lipinski definition) is 1. The molecule has 0 spiro atoms. The molecule has 0 aliphatic carbocycles. The van der Waals surface area contributed by atoms with E-state index in [0.29, 0.717) is 26.2 Å². The number of piperazine rings is 1. The molecule has 1 atom stereocenters. The fourth-order valence-electron chi connectivity index (χ4n) is 2.96. The Labute approximate surface area is 125 Å². The average Bonchev–Trinajstić information content (AvgIpc) is 2.78. The second kappa shape index (κ2) is 5.93. The molecule has 1 saturated heterocycles. The average molecular weight is 290 g/mol. The lowest BCUT2D eigenvalue weighted by molar-refractivity contribution is -0.124. The van der Waals surface area contributed by atoms with Crippen LogP contribution in [0, 0.1) is 0 Å². The number of nitrogens with one attached hydrogen (secondary N) is 1. The summed E-state index contributed by atoms with van der Waals surface area (Å²) in [6.45, 7) is 7.45. The number of carbonyl (C=O) groups excluding carboxylic acids is 1. The van der Waals surface area contributed by atoms with E-state index in [-0.39, 0.29) is 12.0 Å². The van der Waals surface area contributed by atoms with Gasteiger partial charge in [0.1, 0.15) is 17.6 Å². The van der Waals surface area contributed by atoms with Crippen molar-refractivity contribution in [3.8, 4) is 11.5 Å². The van der Waals surface area contributed by atoms with Crippen LogP contribution in [0.1, 0.15) is 25.0 Å². The Morgan fingerprint density at radius 3 is 3.10 bits per heavy atom. The molecule has 0 bridgehead atoms. The summed E-state index contributed by atoms with van der Waals surface area (Å²) in [6.07, 6.45) is 1.16. The van der Waals surface area contributed by atoms with E-state index >= 15 is 0 Å². The van der Waals surface area contributed by atoms with Gasteiger partial charge >= 0.3 is 0 Å². The number of fused-ring (bicyclic) bond motifs is 1. The highest BCUT2D eigenvalue weighted by Gasteiger charge is 2.24. The molecule has 114 valence electrons. The highest BCUT2D eigenvalue weighted by molar-refractivity contribution is 5.78. The maximum atomic E-state index is 11.5. The largest absolute Gasteiger partial charge is 0.494 e. The lowest BCUT2D eigenvalue weighted by Crippen LogP contribution is -2.47. The van der Waals surface area contributed by atoms with E-state index < -0.39 is 0 Å². The van der Waals surface area contributed by atoms with E-state index in [1.807, 2.05) is 6.92 Å². The maximum Gasteiger partial charge on any atom is 0.234 e. The summed E-state index contributed by atoms with van der Waals surface area (Å²) in [5, 5.41) is 2.85. The third kappa shape index (κ3) is 3.13. The van der Waals surface area contributed by atoms with Crippen molar-refractivity contribution in [2.45, 2.75) is 32.9 Å². The minimum absolute atomic E-state index is 0.0882. The molecule has 2 aliphatic rings. The molecule has 1 N–H and O–H groups in total. The molecular formula is C16H22N2O3. The Hall–Kier alpha value is -1.75. The van der Waals surface area contributed by atoms with Gasteiger partial charge in [0.2, 0.25) is 5.91 Å². The van der Waals surface area contributed by atoms with Crippen LogP contribution in [0.3, 0.4) is 0 Å². The Balaban J connectivity index is 1.82. The summed E-state index contributed by atoms with van der Waals surface area (Å²) < 4.78 is 11.6. The van der Waals surface area contributed by atoms with Gasteiger partial charge in [0.25, 0.3) is 0 Å². The van der Waals surface area contributed by atoms with Crippen molar-refractivity contribution in [3.05, 3.63) is 23.3 Å². The number of hydrogen-bond acceptors (Lipinski definition) is 4. The predicted molar refractivity (Wildman–Crippen MR) is 79.7 cm³/mol. The van der Waals surface area contributed by atoms with Gasteiger partial charge in [-0.15, -0.1) is 0 Å². The highest BCUT2D eigenvalue weighted by Crippen LogP contribution is 2.35. The summed E-state index contributed by atoms with van der Waals surface area (Å²) in [5.41, 5.74) is 2.31. The van der Waals surface area contributed by atoms with Gasteiger partial charge in [-0.05, 0) is 26.0 Å². The molecule has 5 heteroatoms. The minimum Gasteiger partial charge on any atom is -0.494 e. The molecule has 1 fully saturated rings. The first-order valence-corrected chi connectivity index (χ1v) is 7.60. The molecule has 1 aromatic rings. The molecule has 2 aliphatic heterocycles. The Kier molecular flexibility index (Phi) is 4.01. The lowest BCUT2D eigenvalue weighted by atomic mass is 10.1. The fraction of sp³-hybridized carbons (Fsp3) is 0.562. The zero-order valence-electron chi connectivity index (χ0n) is 12.6. The number of carbonyl (C=O) groups is 1. The number of benzene rings is 1. The maximum absolute atomic E-state index is 11.5. The SMILES string of the molecule is CCOc1cc2c(cc1CN1CCNC(=O)C1)OC(C)C2. The number of nitrogens with zero attached hydrogens (tertiary/aromatic N) is 1. The number of ether oxygens (including phenoxy) is 2. The van der Waals surface area contributed by atoms with E-state index in [2.05, 4.69) is 29.3 Å². The first-order chi connectivity index (χ1) is 10.2. The van der Waals surface area contributed by atoms with Gasteiger partial charge in [0.05, 0.1) is 13.2 Å². The first-order valence-electron chi connectivity index (χ1n) is 7.60. The summed E-state index contributed by atoms with van der Waals surface area (Å²) in [5.74, 6) is 1.97. The molecule has 0 aromatic heterocycles. The van der Waals surface area contributed by atoms with Crippen molar-refractivity contribution in [1.82, 2.24) is 10.2 Å². The van der Waals surface area contributed by atoms with E-state index in [9.17, 15) is 4.79 Å². The van der Waals surface area contributed by atoms with E-state index in [1.165, 1.54) is 5.56 Å². The van der Waals surface area contributed by atoms with Crippen LogP contribution in [-0.2, 0) is 17.8 Å². The van der Waals surface area contributed by atoms with Crippen LogP contribution in [0.25, 0.3) is 0 Å². The van der Waals surface area contributed by atoms with Crippen LogP contribution in [0.15, 0.2) is 12.1 Å². The van der Waals surface area contributed by atoms with Crippen LogP contribution in [0.5, 0.6) is 11.5 Å². The van der Waals surface area contributed by atoms with Gasteiger partial charge in [-0.1, -0.05) is 0 Å². The summed E-state index contributed by atoms with van der Waals surface area (Å²) in [7, 11) is 0. The van der Waals surface area contributed by atoms with Gasteiger partial charge in [-0.25, -0.2) is 0 Å². The van der Waals surface area contributed by atoms with Gasteiger partial charge in [-0.3, -0.25) is 9.69 Å². The van der Waals surface area contributed by atoms with Gasteiger partial charge < -0.3 is 14.8 Å². The molecule has 0 saturated carbocycles. The molecule has 21 heavy (non-hydrogen) atoms.